The number of hydrogen-bond donors (Lipinski definition) is 1. The molecule has 3 rings (SSSR count). The largest absolute Gasteiger partial charge is 0.351 e. The van der Waals surface area contributed by atoms with E-state index < -0.39 is 0 Å². The summed E-state index contributed by atoms with van der Waals surface area (Å²) in [5.41, 5.74) is 3.05. The highest BCUT2D eigenvalue weighted by Crippen LogP contribution is 2.33. The summed E-state index contributed by atoms with van der Waals surface area (Å²) in [6.45, 7) is 0. The number of pyridine rings is 1. The van der Waals surface area contributed by atoms with Crippen LogP contribution >= 0.6 is 11.8 Å². The fourth-order valence-corrected chi connectivity index (χ4v) is 2.74. The van der Waals surface area contributed by atoms with Crippen molar-refractivity contribution >= 4 is 34.0 Å². The zero-order valence-corrected chi connectivity index (χ0v) is 12.5. The summed E-state index contributed by atoms with van der Waals surface area (Å²) in [5, 5.41) is 18.6. The first-order valence-electron chi connectivity index (χ1n) is 6.35. The van der Waals surface area contributed by atoms with Crippen LogP contribution in [0.2, 0.25) is 0 Å². The van der Waals surface area contributed by atoms with Crippen LogP contribution in [0.1, 0.15) is 5.56 Å². The maximum Gasteiger partial charge on any atom is 0.116 e. The van der Waals surface area contributed by atoms with Crippen LogP contribution in [-0.2, 0) is 7.05 Å². The molecular weight excluding hydrogens is 282 g/mol. The summed E-state index contributed by atoms with van der Waals surface area (Å²) >= 11 is 1.47. The number of nitrogens with one attached hydrogen (secondary N) is 1. The van der Waals surface area contributed by atoms with E-state index in [0.29, 0.717) is 5.56 Å². The summed E-state index contributed by atoms with van der Waals surface area (Å²) in [6.07, 6.45) is 5.52. The van der Waals surface area contributed by atoms with Gasteiger partial charge in [-0.1, -0.05) is 18.2 Å². The van der Waals surface area contributed by atoms with Gasteiger partial charge in [0.05, 0.1) is 23.1 Å². The second kappa shape index (κ2) is 5.46. The Morgan fingerprint density at radius 3 is 2.81 bits per heavy atom. The maximum absolute atomic E-state index is 9.51. The van der Waals surface area contributed by atoms with Crippen LogP contribution in [0.15, 0.2) is 41.7 Å². The number of rotatable bonds is 3. The van der Waals surface area contributed by atoms with E-state index in [1.807, 2.05) is 43.8 Å². The summed E-state index contributed by atoms with van der Waals surface area (Å²) in [4.78, 5) is 4.55. The molecule has 2 heterocycles. The summed E-state index contributed by atoms with van der Waals surface area (Å²) < 4.78 is 1.72. The quantitative estimate of drug-likeness (QED) is 0.751. The number of nitriles is 1. The highest BCUT2D eigenvalue weighted by atomic mass is 32.2. The van der Waals surface area contributed by atoms with E-state index in [1.54, 1.807) is 10.9 Å². The van der Waals surface area contributed by atoms with E-state index in [2.05, 4.69) is 21.5 Å². The molecule has 1 N–H and O–H groups in total. The van der Waals surface area contributed by atoms with Crippen molar-refractivity contribution in [3.63, 3.8) is 0 Å². The van der Waals surface area contributed by atoms with Gasteiger partial charge in [0, 0.05) is 18.6 Å². The minimum atomic E-state index is 0.560. The van der Waals surface area contributed by atoms with Crippen LogP contribution in [0.4, 0.5) is 11.4 Å². The molecule has 0 unspecified atom stereocenters. The summed E-state index contributed by atoms with van der Waals surface area (Å²) in [5.74, 6) is 0. The Kier molecular flexibility index (Phi) is 3.50. The molecule has 0 aliphatic rings. The Bertz CT molecular complexity index is 847. The zero-order chi connectivity index (χ0) is 14.8. The lowest BCUT2D eigenvalue weighted by Crippen LogP contribution is -1.98. The Morgan fingerprint density at radius 1 is 1.33 bits per heavy atom. The molecule has 21 heavy (non-hydrogen) atoms. The van der Waals surface area contributed by atoms with Crippen LogP contribution in [0.3, 0.4) is 0 Å². The first-order valence-corrected chi connectivity index (χ1v) is 7.58. The molecule has 0 atom stereocenters. The van der Waals surface area contributed by atoms with E-state index in [-0.39, 0.29) is 0 Å². The third-order valence-electron chi connectivity index (χ3n) is 3.14. The minimum absolute atomic E-state index is 0.560. The average Bonchev–Trinajstić information content (AvgIpc) is 2.92. The smallest absolute Gasteiger partial charge is 0.116 e. The second-order valence-corrected chi connectivity index (χ2v) is 5.32. The topological polar surface area (TPSA) is 66.5 Å². The first kappa shape index (κ1) is 13.5. The van der Waals surface area contributed by atoms with Gasteiger partial charge in [0.2, 0.25) is 0 Å². The number of nitrogens with zero attached hydrogens (tertiary/aromatic N) is 4. The number of fused-ring (bicyclic) bond motifs is 1. The van der Waals surface area contributed by atoms with Crippen LogP contribution in [0.25, 0.3) is 10.9 Å². The number of anilines is 2. The Morgan fingerprint density at radius 2 is 2.14 bits per heavy atom. The highest BCUT2D eigenvalue weighted by Gasteiger charge is 2.15. The molecule has 0 bridgehead atoms. The molecule has 3 aromatic rings. The Balaban J connectivity index is 2.24. The van der Waals surface area contributed by atoms with Crippen LogP contribution in [0, 0.1) is 11.3 Å². The predicted molar refractivity (Wildman–Crippen MR) is 84.7 cm³/mol. The van der Waals surface area contributed by atoms with Gasteiger partial charge in [-0.05, 0) is 12.3 Å². The van der Waals surface area contributed by atoms with E-state index >= 15 is 0 Å². The lowest BCUT2D eigenvalue weighted by Gasteiger charge is -2.12. The second-order valence-electron chi connectivity index (χ2n) is 4.53. The Hall–Kier alpha value is -2.52. The van der Waals surface area contributed by atoms with Crippen molar-refractivity contribution < 1.29 is 0 Å². The van der Waals surface area contributed by atoms with E-state index in [9.17, 15) is 5.26 Å². The molecule has 0 fully saturated rings. The SMILES string of the molecule is CSc1nc2ccccc2c(Nc2cnn(C)c2)c1C#N. The van der Waals surface area contributed by atoms with Crippen molar-refractivity contribution in [1.82, 2.24) is 14.8 Å². The maximum atomic E-state index is 9.51. The van der Waals surface area contributed by atoms with Gasteiger partial charge in [-0.15, -0.1) is 11.8 Å². The van der Waals surface area contributed by atoms with Gasteiger partial charge >= 0.3 is 0 Å². The van der Waals surface area contributed by atoms with E-state index in [0.717, 1.165) is 27.3 Å². The zero-order valence-electron chi connectivity index (χ0n) is 11.7. The van der Waals surface area contributed by atoms with Gasteiger partial charge in [-0.3, -0.25) is 4.68 Å². The van der Waals surface area contributed by atoms with Crippen molar-refractivity contribution in [3.8, 4) is 6.07 Å². The van der Waals surface area contributed by atoms with Gasteiger partial charge in [-0.2, -0.15) is 10.4 Å². The molecule has 0 saturated carbocycles. The summed E-state index contributed by atoms with van der Waals surface area (Å²) in [6, 6.07) is 10.1. The van der Waals surface area contributed by atoms with Crippen molar-refractivity contribution in [3.05, 3.63) is 42.2 Å². The normalized spacial score (nSPS) is 10.5. The number of aromatic nitrogens is 3. The summed E-state index contributed by atoms with van der Waals surface area (Å²) in [7, 11) is 1.86. The van der Waals surface area contributed by atoms with Crippen LogP contribution in [-0.4, -0.2) is 21.0 Å². The monoisotopic (exact) mass is 295 g/mol. The molecule has 0 spiro atoms. The predicted octanol–water partition coefficient (Wildman–Crippen LogP) is 3.31. The highest BCUT2D eigenvalue weighted by molar-refractivity contribution is 7.98. The molecule has 0 saturated heterocycles. The standard InChI is InChI=1S/C15H13N5S/c1-20-9-10(8-17-20)18-14-11-5-3-4-6-13(11)19-15(21-2)12(14)7-16/h3-6,8-9H,1-2H3,(H,18,19). The molecule has 0 aliphatic carbocycles. The first-order chi connectivity index (χ1) is 10.2. The van der Waals surface area contributed by atoms with Crippen LogP contribution < -0.4 is 5.32 Å². The molecule has 6 heteroatoms. The molecule has 5 nitrogen and oxygen atoms in total. The number of benzene rings is 1. The van der Waals surface area contributed by atoms with Gasteiger partial charge in [0.1, 0.15) is 16.7 Å². The van der Waals surface area contributed by atoms with Crippen molar-refractivity contribution in [2.75, 3.05) is 11.6 Å². The van der Waals surface area contributed by atoms with Gasteiger partial charge in [0.25, 0.3) is 0 Å². The molecule has 104 valence electrons. The van der Waals surface area contributed by atoms with E-state index in [1.165, 1.54) is 11.8 Å². The van der Waals surface area contributed by atoms with Gasteiger partial charge < -0.3 is 5.32 Å². The molecule has 0 radical (unpaired) electrons. The molecule has 1 aromatic carbocycles. The van der Waals surface area contributed by atoms with Crippen LogP contribution in [0.5, 0.6) is 0 Å². The van der Waals surface area contributed by atoms with Gasteiger partial charge in [-0.25, -0.2) is 4.98 Å². The molecule has 0 aliphatic heterocycles. The lowest BCUT2D eigenvalue weighted by atomic mass is 10.1. The average molecular weight is 295 g/mol. The molecular formula is C15H13N5S. The fourth-order valence-electron chi connectivity index (χ4n) is 2.20. The third kappa shape index (κ3) is 2.43. The number of thioether (sulfide) groups is 1. The lowest BCUT2D eigenvalue weighted by molar-refractivity contribution is 0.768. The van der Waals surface area contributed by atoms with Crippen molar-refractivity contribution in [2.45, 2.75) is 5.03 Å². The van der Waals surface area contributed by atoms with Crippen molar-refractivity contribution in [1.29, 1.82) is 5.26 Å². The number of para-hydroxylation sites is 1. The van der Waals surface area contributed by atoms with E-state index in [4.69, 9.17) is 0 Å². The Labute approximate surface area is 126 Å². The minimum Gasteiger partial charge on any atom is -0.351 e. The third-order valence-corrected chi connectivity index (χ3v) is 3.82. The van der Waals surface area contributed by atoms with Gasteiger partial charge in [0.15, 0.2) is 0 Å². The van der Waals surface area contributed by atoms with Crippen molar-refractivity contribution in [2.24, 2.45) is 7.05 Å². The molecule has 2 aromatic heterocycles. The number of hydrogen-bond acceptors (Lipinski definition) is 5. The number of aryl methyl sites for hydroxylation is 1. The molecule has 0 amide bonds. The fraction of sp³-hybridized carbons (Fsp3) is 0.133.